The Morgan fingerprint density at radius 3 is 2.07 bits per heavy atom. The zero-order valence-corrected chi connectivity index (χ0v) is 16.0. The van der Waals surface area contributed by atoms with Gasteiger partial charge in [-0.15, -0.1) is 0 Å². The number of carbonyl (C=O) groups excluding carboxylic acids is 3. The van der Waals surface area contributed by atoms with Crippen molar-refractivity contribution in [1.29, 1.82) is 0 Å². The zero-order chi connectivity index (χ0) is 20.9. The van der Waals surface area contributed by atoms with Crippen molar-refractivity contribution in [3.8, 4) is 0 Å². The Hall–Kier alpha value is -2.10. The molecule has 2 aliphatic heterocycles. The minimum Gasteiger partial charge on any atom is -0.476 e. The van der Waals surface area contributed by atoms with Crippen LogP contribution in [0.25, 0.3) is 0 Å². The number of ether oxygens (including phenoxy) is 2. The van der Waals surface area contributed by atoms with E-state index >= 15 is 0 Å². The molecular formula is C18H31NO8. The van der Waals surface area contributed by atoms with Crippen LogP contribution in [0.15, 0.2) is 11.6 Å². The van der Waals surface area contributed by atoms with Gasteiger partial charge in [0.25, 0.3) is 0 Å². The fourth-order valence-corrected chi connectivity index (χ4v) is 1.73. The van der Waals surface area contributed by atoms with E-state index in [1.54, 1.807) is 0 Å². The summed E-state index contributed by atoms with van der Waals surface area (Å²) in [6, 6.07) is 0. The monoisotopic (exact) mass is 389 g/mol. The lowest BCUT2D eigenvalue weighted by atomic mass is 10.1. The summed E-state index contributed by atoms with van der Waals surface area (Å²) in [5.41, 5.74) is 0.688. The molecule has 9 heteroatoms. The van der Waals surface area contributed by atoms with Gasteiger partial charge in [0.1, 0.15) is 6.29 Å². The van der Waals surface area contributed by atoms with Gasteiger partial charge < -0.3 is 29.8 Å². The van der Waals surface area contributed by atoms with Crippen LogP contribution >= 0.6 is 0 Å². The minimum atomic E-state index is -1.43. The molecule has 2 heterocycles. The molecule has 1 saturated heterocycles. The number of nitrogens with one attached hydrogen (secondary N) is 1. The highest BCUT2D eigenvalue weighted by molar-refractivity contribution is 6.19. The summed E-state index contributed by atoms with van der Waals surface area (Å²) in [5.74, 6) is -1.86. The SMILES string of the molecule is C1COCCN1.CCCC1=CC(=O)OC1O.CCCCC=O.O=CC(=O)O. The Labute approximate surface area is 159 Å². The van der Waals surface area contributed by atoms with Crippen LogP contribution in [0.1, 0.15) is 46.0 Å². The molecule has 0 radical (unpaired) electrons. The van der Waals surface area contributed by atoms with E-state index in [2.05, 4.69) is 17.0 Å². The van der Waals surface area contributed by atoms with Crippen molar-refractivity contribution >= 4 is 24.5 Å². The summed E-state index contributed by atoms with van der Waals surface area (Å²) < 4.78 is 9.46. The predicted molar refractivity (Wildman–Crippen MR) is 98.1 cm³/mol. The van der Waals surface area contributed by atoms with Crippen LogP contribution in [-0.2, 0) is 28.7 Å². The van der Waals surface area contributed by atoms with Crippen molar-refractivity contribution in [3.05, 3.63) is 11.6 Å². The van der Waals surface area contributed by atoms with Crippen molar-refractivity contribution in [1.82, 2.24) is 5.32 Å². The molecular weight excluding hydrogens is 358 g/mol. The van der Waals surface area contributed by atoms with Crippen LogP contribution in [0.2, 0.25) is 0 Å². The summed E-state index contributed by atoms with van der Waals surface area (Å²) >= 11 is 0. The van der Waals surface area contributed by atoms with Gasteiger partial charge in [-0.3, -0.25) is 4.79 Å². The maximum Gasteiger partial charge on any atom is 0.368 e. The van der Waals surface area contributed by atoms with Gasteiger partial charge in [-0.05, 0) is 12.8 Å². The molecule has 2 aliphatic rings. The average Bonchev–Trinajstić information content (AvgIpc) is 3.00. The Balaban J connectivity index is 0. The van der Waals surface area contributed by atoms with Crippen molar-refractivity contribution in [2.75, 3.05) is 26.3 Å². The summed E-state index contributed by atoms with van der Waals surface area (Å²) in [6.07, 6.45) is 5.72. The number of hydrogen-bond donors (Lipinski definition) is 3. The fraction of sp³-hybridized carbons (Fsp3) is 0.667. The van der Waals surface area contributed by atoms with Crippen molar-refractivity contribution < 1.29 is 38.9 Å². The quantitative estimate of drug-likeness (QED) is 0.261. The third-order valence-corrected chi connectivity index (χ3v) is 3.01. The first-order chi connectivity index (χ1) is 12.9. The summed E-state index contributed by atoms with van der Waals surface area (Å²) in [4.78, 5) is 37.9. The van der Waals surface area contributed by atoms with E-state index in [0.29, 0.717) is 5.57 Å². The van der Waals surface area contributed by atoms with Crippen molar-refractivity contribution in [3.63, 3.8) is 0 Å². The lowest BCUT2D eigenvalue weighted by molar-refractivity contribution is -0.151. The molecule has 0 amide bonds. The second kappa shape index (κ2) is 20.2. The molecule has 0 bridgehead atoms. The van der Waals surface area contributed by atoms with Gasteiger partial charge in [0.05, 0.1) is 13.2 Å². The van der Waals surface area contributed by atoms with E-state index in [4.69, 9.17) is 24.5 Å². The topological polar surface area (TPSA) is 139 Å². The Bertz CT molecular complexity index is 435. The van der Waals surface area contributed by atoms with Crippen LogP contribution in [0, 0.1) is 0 Å². The van der Waals surface area contributed by atoms with E-state index in [1.165, 1.54) is 6.08 Å². The molecule has 0 aromatic heterocycles. The lowest BCUT2D eigenvalue weighted by Crippen LogP contribution is -2.30. The average molecular weight is 389 g/mol. The molecule has 0 saturated carbocycles. The number of morpholine rings is 1. The van der Waals surface area contributed by atoms with E-state index < -0.39 is 18.2 Å². The van der Waals surface area contributed by atoms with E-state index in [1.807, 2.05) is 6.92 Å². The van der Waals surface area contributed by atoms with Crippen LogP contribution in [0.5, 0.6) is 0 Å². The second-order valence-corrected chi connectivity index (χ2v) is 5.39. The first-order valence-electron chi connectivity index (χ1n) is 8.92. The first-order valence-corrected chi connectivity index (χ1v) is 8.92. The molecule has 0 aromatic carbocycles. The third-order valence-electron chi connectivity index (χ3n) is 3.01. The van der Waals surface area contributed by atoms with E-state index in [-0.39, 0.29) is 6.29 Å². The number of carbonyl (C=O) groups is 4. The smallest absolute Gasteiger partial charge is 0.368 e. The van der Waals surface area contributed by atoms with Crippen molar-refractivity contribution in [2.24, 2.45) is 0 Å². The van der Waals surface area contributed by atoms with E-state index in [9.17, 15) is 9.59 Å². The number of esters is 1. The molecule has 9 nitrogen and oxygen atoms in total. The van der Waals surface area contributed by atoms with Gasteiger partial charge in [0.15, 0.2) is 0 Å². The van der Waals surface area contributed by atoms with Crippen LogP contribution < -0.4 is 5.32 Å². The number of carboxylic acids is 1. The number of unbranched alkanes of at least 4 members (excludes halogenated alkanes) is 2. The molecule has 27 heavy (non-hydrogen) atoms. The molecule has 1 fully saturated rings. The fourth-order valence-electron chi connectivity index (χ4n) is 1.73. The molecule has 0 spiro atoms. The van der Waals surface area contributed by atoms with Gasteiger partial charge in [0, 0.05) is 31.2 Å². The maximum absolute atomic E-state index is 10.5. The number of aliphatic hydroxyl groups is 1. The number of aliphatic carboxylic acids is 1. The highest BCUT2D eigenvalue weighted by Gasteiger charge is 2.22. The molecule has 2 rings (SSSR count). The summed E-state index contributed by atoms with van der Waals surface area (Å²) in [6.45, 7) is 7.89. The number of cyclic esters (lactones) is 1. The third kappa shape index (κ3) is 20.1. The molecule has 1 unspecified atom stereocenters. The van der Waals surface area contributed by atoms with Gasteiger partial charge in [-0.1, -0.05) is 26.7 Å². The van der Waals surface area contributed by atoms with Gasteiger partial charge >= 0.3 is 11.9 Å². The predicted octanol–water partition coefficient (Wildman–Crippen LogP) is 0.840. The highest BCUT2D eigenvalue weighted by Crippen LogP contribution is 2.17. The van der Waals surface area contributed by atoms with E-state index in [0.717, 1.165) is 64.7 Å². The standard InChI is InChI=1S/C7H10O3.C5H10O.C4H9NO.C2H2O3/c1-2-3-5-4-6(8)10-7(5)9;1-2-3-4-5-6;1-3-6-4-2-5-1;3-1-2(4)5/h4,7,9H,2-3H2,1H3;5H,2-4H2,1H3;5H,1-4H2;1H,(H,4,5). The molecule has 3 N–H and O–H groups in total. The molecule has 0 aromatic rings. The van der Waals surface area contributed by atoms with Gasteiger partial charge in [-0.25, -0.2) is 9.59 Å². The Morgan fingerprint density at radius 1 is 1.26 bits per heavy atom. The minimum absolute atomic E-state index is 0.167. The van der Waals surface area contributed by atoms with Crippen LogP contribution in [-0.4, -0.2) is 67.3 Å². The number of aliphatic hydroxyl groups excluding tert-OH is 1. The largest absolute Gasteiger partial charge is 0.476 e. The molecule has 0 aliphatic carbocycles. The normalized spacial score (nSPS) is 17.4. The Kier molecular flexibility index (Phi) is 20.3. The van der Waals surface area contributed by atoms with Crippen LogP contribution in [0.4, 0.5) is 0 Å². The number of rotatable bonds is 6. The highest BCUT2D eigenvalue weighted by atomic mass is 16.6. The first kappa shape index (κ1) is 27.1. The number of hydrogen-bond acceptors (Lipinski definition) is 8. The molecule has 156 valence electrons. The van der Waals surface area contributed by atoms with Gasteiger partial charge in [-0.2, -0.15) is 0 Å². The summed E-state index contributed by atoms with van der Waals surface area (Å²) in [7, 11) is 0. The van der Waals surface area contributed by atoms with Gasteiger partial charge in [0.2, 0.25) is 12.6 Å². The second-order valence-electron chi connectivity index (χ2n) is 5.39. The Morgan fingerprint density at radius 2 is 1.85 bits per heavy atom. The zero-order valence-electron chi connectivity index (χ0n) is 16.0. The molecule has 1 atom stereocenters. The maximum atomic E-state index is 10.5. The van der Waals surface area contributed by atoms with Crippen LogP contribution in [0.3, 0.4) is 0 Å². The number of carboxylic acid groups (broad SMARTS) is 1. The lowest BCUT2D eigenvalue weighted by Gasteiger charge is -2.10. The van der Waals surface area contributed by atoms with Crippen molar-refractivity contribution in [2.45, 2.75) is 52.2 Å². The number of aldehydes is 2. The summed E-state index contributed by atoms with van der Waals surface area (Å²) in [5, 5.41) is 19.5.